The molecule has 1 amide bonds. The highest BCUT2D eigenvalue weighted by molar-refractivity contribution is 7.20. The molecule has 0 saturated heterocycles. The Balaban J connectivity index is 1.45. The van der Waals surface area contributed by atoms with Crippen LogP contribution in [-0.4, -0.2) is 5.91 Å². The molecule has 0 radical (unpaired) electrons. The summed E-state index contributed by atoms with van der Waals surface area (Å²) in [4.78, 5) is 13.0. The summed E-state index contributed by atoms with van der Waals surface area (Å²) in [7, 11) is 0. The molecule has 0 aliphatic heterocycles. The number of hydrogen-bond acceptors (Lipinski definition) is 4. The van der Waals surface area contributed by atoms with Crippen molar-refractivity contribution >= 4 is 27.3 Å². The largest absolute Gasteiger partial charge is 0.461 e. The van der Waals surface area contributed by atoms with Gasteiger partial charge in [-0.05, 0) is 41.8 Å². The molecule has 0 bridgehead atoms. The predicted octanol–water partition coefficient (Wildman–Crippen LogP) is 4.68. The molecule has 0 atom stereocenters. The molecule has 4 nitrogen and oxygen atoms in total. The minimum absolute atomic E-state index is 0.0952. The zero-order valence-corrected chi connectivity index (χ0v) is 12.9. The van der Waals surface area contributed by atoms with Crippen LogP contribution >= 0.6 is 11.3 Å². The van der Waals surface area contributed by atoms with Crippen molar-refractivity contribution in [1.82, 2.24) is 5.32 Å². The van der Waals surface area contributed by atoms with E-state index in [1.807, 2.05) is 48.5 Å². The first-order chi connectivity index (χ1) is 11.3. The van der Waals surface area contributed by atoms with Crippen LogP contribution in [-0.2, 0) is 6.54 Å². The molecular formula is C18H13NO3S. The van der Waals surface area contributed by atoms with Gasteiger partial charge in [0.25, 0.3) is 5.91 Å². The molecule has 0 unspecified atom stereocenters. The third kappa shape index (κ3) is 2.78. The van der Waals surface area contributed by atoms with Gasteiger partial charge in [-0.2, -0.15) is 0 Å². The number of thiophene rings is 1. The number of fused-ring (bicyclic) bond motifs is 1. The fourth-order valence-electron chi connectivity index (χ4n) is 2.37. The van der Waals surface area contributed by atoms with E-state index in [9.17, 15) is 4.79 Å². The van der Waals surface area contributed by atoms with E-state index in [1.165, 1.54) is 11.3 Å². The molecule has 4 aromatic rings. The highest BCUT2D eigenvalue weighted by Crippen LogP contribution is 2.25. The van der Waals surface area contributed by atoms with Gasteiger partial charge in [0.2, 0.25) is 0 Å². The van der Waals surface area contributed by atoms with E-state index in [0.717, 1.165) is 10.1 Å². The van der Waals surface area contributed by atoms with Crippen molar-refractivity contribution in [3.63, 3.8) is 0 Å². The topological polar surface area (TPSA) is 55.4 Å². The van der Waals surface area contributed by atoms with Gasteiger partial charge in [0.15, 0.2) is 11.5 Å². The Hall–Kier alpha value is -2.79. The predicted molar refractivity (Wildman–Crippen MR) is 89.4 cm³/mol. The Labute approximate surface area is 136 Å². The number of benzene rings is 1. The number of carbonyl (C=O) groups is 1. The number of carbonyl (C=O) groups excluding carboxylic acids is 1. The van der Waals surface area contributed by atoms with Gasteiger partial charge in [-0.15, -0.1) is 11.3 Å². The molecule has 5 heteroatoms. The van der Waals surface area contributed by atoms with E-state index in [1.54, 1.807) is 12.3 Å². The Bertz CT molecular complexity index is 917. The lowest BCUT2D eigenvalue weighted by Gasteiger charge is -2.00. The summed E-state index contributed by atoms with van der Waals surface area (Å²) in [5, 5.41) is 3.97. The smallest absolute Gasteiger partial charge is 0.261 e. The summed E-state index contributed by atoms with van der Waals surface area (Å²) in [5.41, 5.74) is 0. The van der Waals surface area contributed by atoms with Crippen LogP contribution in [0, 0.1) is 0 Å². The minimum Gasteiger partial charge on any atom is -0.461 e. The van der Waals surface area contributed by atoms with Crippen LogP contribution in [0.15, 0.2) is 69.7 Å². The average molecular weight is 323 g/mol. The van der Waals surface area contributed by atoms with E-state index in [2.05, 4.69) is 5.32 Å². The van der Waals surface area contributed by atoms with Gasteiger partial charge in [-0.3, -0.25) is 4.79 Å². The van der Waals surface area contributed by atoms with Crippen molar-refractivity contribution in [2.75, 3.05) is 0 Å². The monoisotopic (exact) mass is 323 g/mol. The maximum atomic E-state index is 12.3. The van der Waals surface area contributed by atoms with E-state index in [0.29, 0.717) is 28.7 Å². The molecule has 3 heterocycles. The second kappa shape index (κ2) is 5.78. The molecule has 0 aliphatic rings. The summed E-state index contributed by atoms with van der Waals surface area (Å²) < 4.78 is 12.1. The molecule has 23 heavy (non-hydrogen) atoms. The minimum atomic E-state index is -0.0952. The van der Waals surface area contributed by atoms with Crippen LogP contribution in [0.5, 0.6) is 0 Å². The summed E-state index contributed by atoms with van der Waals surface area (Å²) >= 11 is 1.49. The number of amides is 1. The van der Waals surface area contributed by atoms with Crippen molar-refractivity contribution in [2.45, 2.75) is 6.54 Å². The van der Waals surface area contributed by atoms with Crippen LogP contribution < -0.4 is 5.32 Å². The third-order valence-corrected chi connectivity index (χ3v) is 4.61. The fourth-order valence-corrected chi connectivity index (χ4v) is 3.35. The van der Waals surface area contributed by atoms with Crippen LogP contribution in [0.3, 0.4) is 0 Å². The Morgan fingerprint density at radius 1 is 1.04 bits per heavy atom. The van der Waals surface area contributed by atoms with Crippen molar-refractivity contribution in [3.8, 4) is 11.5 Å². The second-order valence-electron chi connectivity index (χ2n) is 5.07. The number of nitrogens with one attached hydrogen (secondary N) is 1. The van der Waals surface area contributed by atoms with Crippen molar-refractivity contribution in [1.29, 1.82) is 0 Å². The van der Waals surface area contributed by atoms with Gasteiger partial charge < -0.3 is 14.2 Å². The Kier molecular flexibility index (Phi) is 3.48. The third-order valence-electron chi connectivity index (χ3n) is 3.50. The zero-order chi connectivity index (χ0) is 15.6. The van der Waals surface area contributed by atoms with Crippen molar-refractivity contribution in [3.05, 3.63) is 71.5 Å². The van der Waals surface area contributed by atoms with Gasteiger partial charge in [-0.1, -0.05) is 18.2 Å². The lowest BCUT2D eigenvalue weighted by molar-refractivity contribution is 0.0952. The van der Waals surface area contributed by atoms with Gasteiger partial charge in [0.05, 0.1) is 17.7 Å². The van der Waals surface area contributed by atoms with E-state index >= 15 is 0 Å². The highest BCUT2D eigenvalue weighted by Gasteiger charge is 2.12. The first-order valence-electron chi connectivity index (χ1n) is 7.19. The Morgan fingerprint density at radius 2 is 1.96 bits per heavy atom. The second-order valence-corrected chi connectivity index (χ2v) is 6.16. The van der Waals surface area contributed by atoms with Gasteiger partial charge in [0, 0.05) is 4.70 Å². The molecule has 0 spiro atoms. The van der Waals surface area contributed by atoms with Crippen LogP contribution in [0.1, 0.15) is 15.4 Å². The zero-order valence-electron chi connectivity index (χ0n) is 12.1. The molecule has 0 fully saturated rings. The molecule has 0 saturated carbocycles. The molecule has 114 valence electrons. The van der Waals surface area contributed by atoms with E-state index in [-0.39, 0.29) is 5.91 Å². The van der Waals surface area contributed by atoms with Crippen LogP contribution in [0.4, 0.5) is 0 Å². The quantitative estimate of drug-likeness (QED) is 0.593. The standard InChI is InChI=1S/C18H13NO3S/c20-18(17-10-12-4-1-2-6-16(12)23-17)19-11-13-7-8-15(22-13)14-5-3-9-21-14/h1-10H,11H2,(H,19,20). The van der Waals surface area contributed by atoms with E-state index in [4.69, 9.17) is 8.83 Å². The average Bonchev–Trinajstić information content (AvgIpc) is 3.31. The maximum Gasteiger partial charge on any atom is 0.261 e. The SMILES string of the molecule is O=C(NCc1ccc(-c2ccco2)o1)c1cc2ccccc2s1. The number of furan rings is 2. The maximum absolute atomic E-state index is 12.3. The normalized spacial score (nSPS) is 11.0. The van der Waals surface area contributed by atoms with Gasteiger partial charge in [0.1, 0.15) is 5.76 Å². The van der Waals surface area contributed by atoms with Crippen LogP contribution in [0.2, 0.25) is 0 Å². The summed E-state index contributed by atoms with van der Waals surface area (Å²) in [6, 6.07) is 17.2. The lowest BCUT2D eigenvalue weighted by Crippen LogP contribution is -2.21. The molecule has 4 rings (SSSR count). The highest BCUT2D eigenvalue weighted by atomic mass is 32.1. The lowest BCUT2D eigenvalue weighted by atomic mass is 10.2. The van der Waals surface area contributed by atoms with Crippen LogP contribution in [0.25, 0.3) is 21.6 Å². The summed E-state index contributed by atoms with van der Waals surface area (Å²) in [6.45, 7) is 0.341. The molecule has 3 aromatic heterocycles. The molecule has 1 aromatic carbocycles. The van der Waals surface area contributed by atoms with Gasteiger partial charge >= 0.3 is 0 Å². The number of hydrogen-bond donors (Lipinski definition) is 1. The Morgan fingerprint density at radius 3 is 2.78 bits per heavy atom. The fraction of sp³-hybridized carbons (Fsp3) is 0.0556. The first kappa shape index (κ1) is 13.8. The summed E-state index contributed by atoms with van der Waals surface area (Å²) in [5.74, 6) is 1.92. The molecule has 1 N–H and O–H groups in total. The summed E-state index contributed by atoms with van der Waals surface area (Å²) in [6.07, 6.45) is 1.60. The molecule has 0 aliphatic carbocycles. The first-order valence-corrected chi connectivity index (χ1v) is 8.00. The van der Waals surface area contributed by atoms with E-state index < -0.39 is 0 Å². The van der Waals surface area contributed by atoms with Crippen molar-refractivity contribution < 1.29 is 13.6 Å². The number of rotatable bonds is 4. The van der Waals surface area contributed by atoms with Crippen molar-refractivity contribution in [2.24, 2.45) is 0 Å². The molecular weight excluding hydrogens is 310 g/mol. The van der Waals surface area contributed by atoms with Gasteiger partial charge in [-0.25, -0.2) is 0 Å².